The fraction of sp³-hybridized carbons (Fsp3) is 0.154. The highest BCUT2D eigenvalue weighted by Crippen LogP contribution is 2.27. The average Bonchev–Trinajstić information content (AvgIpc) is 2.71. The molecule has 0 nitrogen and oxygen atoms in total. The van der Waals surface area contributed by atoms with Crippen molar-refractivity contribution < 1.29 is 8.78 Å². The first-order chi connectivity index (χ1) is 13.5. The second-order valence-electron chi connectivity index (χ2n) is 7.44. The summed E-state index contributed by atoms with van der Waals surface area (Å²) in [5.74, 6) is -1.55. The van der Waals surface area contributed by atoms with Crippen molar-refractivity contribution in [2.24, 2.45) is 0 Å². The molecule has 0 heterocycles. The van der Waals surface area contributed by atoms with Crippen molar-refractivity contribution in [1.29, 1.82) is 0 Å². The van der Waals surface area contributed by atoms with Crippen LogP contribution in [-0.4, -0.2) is 0 Å². The van der Waals surface area contributed by atoms with E-state index in [0.717, 1.165) is 12.8 Å². The Morgan fingerprint density at radius 3 is 2.04 bits per heavy atom. The minimum Gasteiger partial charge on any atom is -0.203 e. The van der Waals surface area contributed by atoms with Gasteiger partial charge >= 0.3 is 0 Å². The van der Waals surface area contributed by atoms with E-state index in [-0.39, 0.29) is 0 Å². The molecule has 0 aliphatic rings. The van der Waals surface area contributed by atoms with Crippen molar-refractivity contribution in [3.8, 4) is 11.1 Å². The lowest BCUT2D eigenvalue weighted by Gasteiger charge is -2.08. The van der Waals surface area contributed by atoms with Gasteiger partial charge < -0.3 is 0 Å². The summed E-state index contributed by atoms with van der Waals surface area (Å²) in [4.78, 5) is 0. The lowest BCUT2D eigenvalue weighted by molar-refractivity contribution is 0.505. The molecule has 140 valence electrons. The van der Waals surface area contributed by atoms with Crippen LogP contribution in [0.2, 0.25) is 0 Å². The van der Waals surface area contributed by atoms with Crippen LogP contribution in [0.5, 0.6) is 0 Å². The maximum Gasteiger partial charge on any atom is 0.166 e. The molecule has 0 saturated heterocycles. The van der Waals surface area contributed by atoms with E-state index in [9.17, 15) is 8.78 Å². The first-order valence-electron chi connectivity index (χ1n) is 9.54. The molecule has 0 bridgehead atoms. The normalized spacial score (nSPS) is 11.1. The Kier molecular flexibility index (Phi) is 4.95. The lowest BCUT2D eigenvalue weighted by Crippen LogP contribution is -1.94. The minimum absolute atomic E-state index is 0.305. The van der Waals surface area contributed by atoms with Gasteiger partial charge in [-0.3, -0.25) is 0 Å². The van der Waals surface area contributed by atoms with Gasteiger partial charge in [0.1, 0.15) is 0 Å². The molecule has 4 aromatic carbocycles. The van der Waals surface area contributed by atoms with Crippen molar-refractivity contribution in [2.75, 3.05) is 0 Å². The number of aryl methyl sites for hydroxylation is 4. The zero-order valence-corrected chi connectivity index (χ0v) is 16.1. The van der Waals surface area contributed by atoms with Crippen LogP contribution in [-0.2, 0) is 12.8 Å². The topological polar surface area (TPSA) is 0 Å². The van der Waals surface area contributed by atoms with Crippen molar-refractivity contribution in [3.05, 3.63) is 107 Å². The maximum atomic E-state index is 14.2. The number of fused-ring (bicyclic) bond motifs is 1. The molecule has 0 aromatic heterocycles. The largest absolute Gasteiger partial charge is 0.203 e. The van der Waals surface area contributed by atoms with Crippen LogP contribution in [0.1, 0.15) is 22.3 Å². The molecule has 0 unspecified atom stereocenters. The first kappa shape index (κ1) is 18.4. The Hall–Kier alpha value is -3.00. The zero-order valence-electron chi connectivity index (χ0n) is 16.1. The third-order valence-corrected chi connectivity index (χ3v) is 5.30. The zero-order chi connectivity index (χ0) is 19.7. The quantitative estimate of drug-likeness (QED) is 0.356. The average molecular weight is 372 g/mol. The summed E-state index contributed by atoms with van der Waals surface area (Å²) in [6.07, 6.45) is 1.85. The fourth-order valence-corrected chi connectivity index (χ4v) is 3.58. The predicted octanol–water partition coefficient (Wildman–Crippen LogP) is 7.19. The van der Waals surface area contributed by atoms with Gasteiger partial charge in [0.25, 0.3) is 0 Å². The highest BCUT2D eigenvalue weighted by molar-refractivity contribution is 5.83. The van der Waals surface area contributed by atoms with Crippen molar-refractivity contribution in [2.45, 2.75) is 26.7 Å². The minimum atomic E-state index is -0.779. The SMILES string of the molecule is Cc1ccc2cc(CCc3ccc(-c4ccc(C)c(F)c4F)cc3)ccc2c1. The second-order valence-corrected chi connectivity index (χ2v) is 7.44. The molecule has 28 heavy (non-hydrogen) atoms. The number of halogens is 2. The van der Waals surface area contributed by atoms with Gasteiger partial charge in [0.05, 0.1) is 0 Å². The molecule has 0 saturated carbocycles. The maximum absolute atomic E-state index is 14.2. The molecule has 0 amide bonds. The molecule has 0 aliphatic carbocycles. The van der Waals surface area contributed by atoms with Gasteiger partial charge in [-0.05, 0) is 59.7 Å². The highest BCUT2D eigenvalue weighted by atomic mass is 19.2. The van der Waals surface area contributed by atoms with Crippen LogP contribution >= 0.6 is 0 Å². The second kappa shape index (κ2) is 7.55. The molecule has 0 N–H and O–H groups in total. The predicted molar refractivity (Wildman–Crippen MR) is 113 cm³/mol. The van der Waals surface area contributed by atoms with E-state index in [0.29, 0.717) is 16.7 Å². The number of hydrogen-bond acceptors (Lipinski definition) is 0. The van der Waals surface area contributed by atoms with E-state index in [1.807, 2.05) is 24.3 Å². The number of rotatable bonds is 4. The summed E-state index contributed by atoms with van der Waals surface area (Å²) in [7, 11) is 0. The van der Waals surface area contributed by atoms with E-state index in [4.69, 9.17) is 0 Å². The van der Waals surface area contributed by atoms with Gasteiger partial charge in [0.15, 0.2) is 11.6 Å². The monoisotopic (exact) mass is 372 g/mol. The Morgan fingerprint density at radius 1 is 0.607 bits per heavy atom. The van der Waals surface area contributed by atoms with E-state index >= 15 is 0 Å². The Balaban J connectivity index is 1.49. The van der Waals surface area contributed by atoms with Crippen LogP contribution in [0.25, 0.3) is 21.9 Å². The molecule has 0 atom stereocenters. The van der Waals surface area contributed by atoms with Crippen LogP contribution in [0, 0.1) is 25.5 Å². The molecule has 0 spiro atoms. The van der Waals surface area contributed by atoms with Crippen LogP contribution in [0.3, 0.4) is 0 Å². The van der Waals surface area contributed by atoms with Gasteiger partial charge in [-0.25, -0.2) is 8.78 Å². The summed E-state index contributed by atoms with van der Waals surface area (Å²) in [6, 6.07) is 24.1. The van der Waals surface area contributed by atoms with E-state index in [1.165, 1.54) is 27.5 Å². The van der Waals surface area contributed by atoms with E-state index < -0.39 is 11.6 Å². The Labute approximate surface area is 164 Å². The van der Waals surface area contributed by atoms with Crippen molar-refractivity contribution in [1.82, 2.24) is 0 Å². The summed E-state index contributed by atoms with van der Waals surface area (Å²) in [5.41, 5.74) is 5.07. The van der Waals surface area contributed by atoms with Gasteiger partial charge in [0.2, 0.25) is 0 Å². The molecule has 0 radical (unpaired) electrons. The van der Waals surface area contributed by atoms with Crippen molar-refractivity contribution in [3.63, 3.8) is 0 Å². The molecule has 4 aromatic rings. The van der Waals surface area contributed by atoms with E-state index in [2.05, 4.69) is 43.3 Å². The van der Waals surface area contributed by atoms with Gasteiger partial charge in [0, 0.05) is 5.56 Å². The van der Waals surface area contributed by atoms with Crippen molar-refractivity contribution >= 4 is 10.8 Å². The molecule has 4 rings (SSSR count). The van der Waals surface area contributed by atoms with Crippen LogP contribution in [0.4, 0.5) is 8.78 Å². The first-order valence-corrected chi connectivity index (χ1v) is 9.54. The lowest BCUT2D eigenvalue weighted by atomic mass is 9.98. The summed E-state index contributed by atoms with van der Waals surface area (Å²) >= 11 is 0. The third kappa shape index (κ3) is 3.68. The van der Waals surface area contributed by atoms with Gasteiger partial charge in [-0.1, -0.05) is 78.4 Å². The number of benzene rings is 4. The highest BCUT2D eigenvalue weighted by Gasteiger charge is 2.12. The van der Waals surface area contributed by atoms with Crippen LogP contribution in [0.15, 0.2) is 72.8 Å². The molecule has 0 fully saturated rings. The molecule has 2 heteroatoms. The summed E-state index contributed by atoms with van der Waals surface area (Å²) in [5, 5.41) is 2.52. The Bertz CT molecular complexity index is 1140. The van der Waals surface area contributed by atoms with Gasteiger partial charge in [-0.2, -0.15) is 0 Å². The third-order valence-electron chi connectivity index (χ3n) is 5.30. The van der Waals surface area contributed by atoms with E-state index in [1.54, 1.807) is 19.1 Å². The molecular formula is C26H22F2. The molecular weight excluding hydrogens is 350 g/mol. The summed E-state index contributed by atoms with van der Waals surface area (Å²) in [6.45, 7) is 3.67. The Morgan fingerprint density at radius 2 is 1.25 bits per heavy atom. The smallest absolute Gasteiger partial charge is 0.166 e. The standard InChI is InChI=1S/C26H22F2/c1-17-3-10-23-16-20(9-13-22(23)15-17)6-5-19-7-11-21(12-8-19)24-14-4-18(2)25(27)26(24)28/h3-4,7-16H,5-6H2,1-2H3. The fourth-order valence-electron chi connectivity index (χ4n) is 3.58. The van der Waals surface area contributed by atoms with Gasteiger partial charge in [-0.15, -0.1) is 0 Å². The molecule has 0 aliphatic heterocycles. The van der Waals surface area contributed by atoms with Crippen LogP contribution < -0.4 is 0 Å². The summed E-state index contributed by atoms with van der Waals surface area (Å²) < 4.78 is 28.0. The number of hydrogen-bond donors (Lipinski definition) is 0.